The molecule has 3 N–H and O–H groups in total. The van der Waals surface area contributed by atoms with Crippen molar-refractivity contribution in [1.82, 2.24) is 15.2 Å². The number of likely N-dealkylation sites (N-methyl/N-ethyl adjacent to an activating group) is 1. The number of pyridine rings is 1. The summed E-state index contributed by atoms with van der Waals surface area (Å²) >= 11 is 0. The Hall–Kier alpha value is -1.13. The van der Waals surface area contributed by atoms with E-state index in [1.54, 1.807) is 7.11 Å². The van der Waals surface area contributed by atoms with Gasteiger partial charge in [-0.15, -0.1) is 24.0 Å². The number of hydrogen-bond acceptors (Lipinski definition) is 5. The summed E-state index contributed by atoms with van der Waals surface area (Å²) < 4.78 is 4.94. The smallest absolute Gasteiger partial charge is 0.188 e. The molecule has 0 amide bonds. The van der Waals surface area contributed by atoms with Crippen LogP contribution in [-0.4, -0.2) is 69.3 Å². The predicted molar refractivity (Wildman–Crippen MR) is 105 cm³/mol. The van der Waals surface area contributed by atoms with Crippen LogP contribution in [0.25, 0.3) is 0 Å². The van der Waals surface area contributed by atoms with Crippen LogP contribution in [0, 0.1) is 0 Å². The van der Waals surface area contributed by atoms with E-state index in [1.165, 1.54) is 0 Å². The van der Waals surface area contributed by atoms with Crippen LogP contribution in [-0.2, 0) is 11.3 Å². The number of piperazine rings is 1. The number of nitrogens with zero attached hydrogens (tertiary/aromatic N) is 4. The Labute approximate surface area is 155 Å². The summed E-state index contributed by atoms with van der Waals surface area (Å²) in [7, 11) is 3.81. The number of hydrogen-bond donors (Lipinski definition) is 2. The monoisotopic (exact) mass is 434 g/mol. The maximum atomic E-state index is 5.77. The van der Waals surface area contributed by atoms with Gasteiger partial charge in [-0.25, -0.2) is 9.98 Å². The zero-order chi connectivity index (χ0) is 15.8. The Morgan fingerprint density at radius 1 is 1.35 bits per heavy atom. The van der Waals surface area contributed by atoms with Crippen molar-refractivity contribution in [1.29, 1.82) is 0 Å². The lowest BCUT2D eigenvalue weighted by molar-refractivity contribution is 0.204. The number of anilines is 1. The van der Waals surface area contributed by atoms with Crippen molar-refractivity contribution in [3.8, 4) is 0 Å². The molecule has 0 atom stereocenters. The molecule has 1 aromatic rings. The standard InChI is InChI=1S/C15H26N6O.HI/c1-20-6-8-21(9-7-20)14-4-3-13(11-18-14)12-19-15(16)17-5-10-22-2;/h3-4,11H,5-10,12H2,1-2H3,(H3,16,17,19);1H. The third-order valence-corrected chi connectivity index (χ3v) is 3.68. The number of ether oxygens (including phenoxy) is 1. The van der Waals surface area contributed by atoms with Crippen LogP contribution in [0.1, 0.15) is 5.56 Å². The van der Waals surface area contributed by atoms with Gasteiger partial charge in [-0.2, -0.15) is 0 Å². The van der Waals surface area contributed by atoms with E-state index >= 15 is 0 Å². The van der Waals surface area contributed by atoms with Crippen molar-refractivity contribution in [2.24, 2.45) is 10.7 Å². The number of rotatable bonds is 6. The average Bonchev–Trinajstić information content (AvgIpc) is 2.54. The first-order valence-electron chi connectivity index (χ1n) is 7.60. The highest BCUT2D eigenvalue weighted by Crippen LogP contribution is 2.13. The summed E-state index contributed by atoms with van der Waals surface area (Å²) in [6, 6.07) is 4.12. The quantitative estimate of drug-likeness (QED) is 0.294. The van der Waals surface area contributed by atoms with Gasteiger partial charge in [0.25, 0.3) is 0 Å². The lowest BCUT2D eigenvalue weighted by Gasteiger charge is -2.33. The number of halogens is 1. The van der Waals surface area contributed by atoms with Crippen LogP contribution in [0.2, 0.25) is 0 Å². The predicted octanol–water partition coefficient (Wildman–Crippen LogP) is 0.502. The van der Waals surface area contributed by atoms with E-state index in [0.717, 1.165) is 37.6 Å². The molecule has 0 spiro atoms. The van der Waals surface area contributed by atoms with Crippen LogP contribution in [0.4, 0.5) is 5.82 Å². The maximum Gasteiger partial charge on any atom is 0.188 e. The number of nitrogens with two attached hydrogens (primary N) is 1. The second kappa shape index (κ2) is 10.6. The minimum atomic E-state index is 0. The minimum absolute atomic E-state index is 0. The Kier molecular flexibility index (Phi) is 9.19. The molecule has 8 heteroatoms. The molecule has 7 nitrogen and oxygen atoms in total. The number of aromatic nitrogens is 1. The van der Waals surface area contributed by atoms with Gasteiger partial charge < -0.3 is 25.6 Å². The van der Waals surface area contributed by atoms with Crippen LogP contribution in [0.15, 0.2) is 23.3 Å². The normalized spacial score (nSPS) is 16.1. The largest absolute Gasteiger partial charge is 0.383 e. The van der Waals surface area contributed by atoms with Gasteiger partial charge in [0, 0.05) is 46.0 Å². The zero-order valence-corrected chi connectivity index (χ0v) is 16.2. The SMILES string of the molecule is COCCNC(N)=NCc1ccc(N2CCN(C)CC2)nc1.I. The molecule has 1 aliphatic rings. The first kappa shape index (κ1) is 19.9. The first-order chi connectivity index (χ1) is 10.7. The highest BCUT2D eigenvalue weighted by molar-refractivity contribution is 14.0. The molecular weight excluding hydrogens is 407 g/mol. The van der Waals surface area contributed by atoms with E-state index in [2.05, 4.69) is 44.3 Å². The molecule has 130 valence electrons. The van der Waals surface area contributed by atoms with E-state index in [-0.39, 0.29) is 24.0 Å². The van der Waals surface area contributed by atoms with Crippen molar-refractivity contribution >= 4 is 35.8 Å². The summed E-state index contributed by atoms with van der Waals surface area (Å²) in [4.78, 5) is 13.5. The summed E-state index contributed by atoms with van der Waals surface area (Å²) in [6.45, 7) is 6.01. The summed E-state index contributed by atoms with van der Waals surface area (Å²) in [5, 5.41) is 2.99. The van der Waals surface area contributed by atoms with Crippen molar-refractivity contribution in [3.05, 3.63) is 23.9 Å². The molecule has 0 aliphatic carbocycles. The lowest BCUT2D eigenvalue weighted by atomic mass is 10.2. The third-order valence-electron chi connectivity index (χ3n) is 3.68. The third kappa shape index (κ3) is 6.88. The van der Waals surface area contributed by atoms with Crippen LogP contribution in [0.5, 0.6) is 0 Å². The fourth-order valence-electron chi connectivity index (χ4n) is 2.25. The van der Waals surface area contributed by atoms with E-state index in [0.29, 0.717) is 25.7 Å². The zero-order valence-electron chi connectivity index (χ0n) is 13.9. The summed E-state index contributed by atoms with van der Waals surface area (Å²) in [5.41, 5.74) is 6.82. The molecule has 1 aromatic heterocycles. The van der Waals surface area contributed by atoms with E-state index in [9.17, 15) is 0 Å². The second-order valence-corrected chi connectivity index (χ2v) is 5.44. The first-order valence-corrected chi connectivity index (χ1v) is 7.60. The number of nitrogens with one attached hydrogen (secondary N) is 1. The topological polar surface area (TPSA) is 79.0 Å². The molecule has 0 unspecified atom stereocenters. The summed E-state index contributed by atoms with van der Waals surface area (Å²) in [6.07, 6.45) is 1.87. The molecular formula is C15H27IN6O. The van der Waals surface area contributed by atoms with E-state index in [1.807, 2.05) is 6.20 Å². The molecule has 0 aromatic carbocycles. The minimum Gasteiger partial charge on any atom is -0.383 e. The second-order valence-electron chi connectivity index (χ2n) is 5.44. The van der Waals surface area contributed by atoms with Crippen LogP contribution < -0.4 is 16.0 Å². The van der Waals surface area contributed by atoms with E-state index in [4.69, 9.17) is 10.5 Å². The van der Waals surface area contributed by atoms with Crippen molar-refractivity contribution in [2.45, 2.75) is 6.54 Å². The van der Waals surface area contributed by atoms with Gasteiger partial charge in [-0.1, -0.05) is 6.07 Å². The molecule has 23 heavy (non-hydrogen) atoms. The lowest BCUT2D eigenvalue weighted by Crippen LogP contribution is -2.44. The van der Waals surface area contributed by atoms with Gasteiger partial charge in [-0.3, -0.25) is 0 Å². The van der Waals surface area contributed by atoms with Crippen molar-refractivity contribution in [3.63, 3.8) is 0 Å². The van der Waals surface area contributed by atoms with Crippen molar-refractivity contribution in [2.75, 3.05) is 58.4 Å². The number of methoxy groups -OCH3 is 1. The van der Waals surface area contributed by atoms with Crippen LogP contribution in [0.3, 0.4) is 0 Å². The van der Waals surface area contributed by atoms with Gasteiger partial charge in [0.1, 0.15) is 5.82 Å². The van der Waals surface area contributed by atoms with Crippen molar-refractivity contribution < 1.29 is 4.74 Å². The molecule has 0 bridgehead atoms. The molecule has 0 radical (unpaired) electrons. The van der Waals surface area contributed by atoms with Gasteiger partial charge in [0.15, 0.2) is 5.96 Å². The van der Waals surface area contributed by atoms with Gasteiger partial charge in [0.05, 0.1) is 13.2 Å². The van der Waals surface area contributed by atoms with Crippen LogP contribution >= 0.6 is 24.0 Å². The van der Waals surface area contributed by atoms with Gasteiger partial charge in [-0.05, 0) is 18.7 Å². The average molecular weight is 434 g/mol. The number of aliphatic imine (C=N–C) groups is 1. The van der Waals surface area contributed by atoms with Gasteiger partial charge in [0.2, 0.25) is 0 Å². The highest BCUT2D eigenvalue weighted by Gasteiger charge is 2.14. The highest BCUT2D eigenvalue weighted by atomic mass is 127. The molecule has 2 rings (SSSR count). The Balaban J connectivity index is 0.00000264. The molecule has 1 aliphatic heterocycles. The molecule has 1 saturated heterocycles. The maximum absolute atomic E-state index is 5.77. The fraction of sp³-hybridized carbons (Fsp3) is 0.600. The van der Waals surface area contributed by atoms with E-state index < -0.39 is 0 Å². The Morgan fingerprint density at radius 3 is 2.70 bits per heavy atom. The fourth-order valence-corrected chi connectivity index (χ4v) is 2.25. The Bertz CT molecular complexity index is 473. The number of guanidine groups is 1. The van der Waals surface area contributed by atoms with Gasteiger partial charge >= 0.3 is 0 Å². The molecule has 1 fully saturated rings. The molecule has 2 heterocycles. The molecule has 0 saturated carbocycles. The Morgan fingerprint density at radius 2 is 2.09 bits per heavy atom. The summed E-state index contributed by atoms with van der Waals surface area (Å²) in [5.74, 6) is 1.47.